The molecule has 0 aliphatic rings. The number of rotatable bonds is 0. The van der Waals surface area contributed by atoms with Crippen molar-refractivity contribution in [3.8, 4) is 0 Å². The van der Waals surface area contributed by atoms with Gasteiger partial charge < -0.3 is 0 Å². The molecule has 0 unspecified atom stereocenters. The van der Waals surface area contributed by atoms with Gasteiger partial charge in [0.1, 0.15) is 10.3 Å². The van der Waals surface area contributed by atoms with Gasteiger partial charge in [0.25, 0.3) is 0 Å². The molecule has 1 rings (SSSR count). The maximum absolute atomic E-state index is 5.43. The molecule has 1 aromatic rings. The summed E-state index contributed by atoms with van der Waals surface area (Å²) >= 11 is 16.2. The van der Waals surface area contributed by atoms with E-state index in [2.05, 4.69) is 9.97 Å². The highest BCUT2D eigenvalue weighted by molar-refractivity contribution is 6.35. The van der Waals surface area contributed by atoms with Crippen LogP contribution in [0.5, 0.6) is 0 Å². The molecular weight excluding hydrogens is 184 g/mol. The summed E-state index contributed by atoms with van der Waals surface area (Å²) in [6.45, 7) is 0. The molecule has 0 aliphatic heterocycles. The van der Waals surface area contributed by atoms with E-state index >= 15 is 0 Å². The van der Waals surface area contributed by atoms with Crippen molar-refractivity contribution >= 4 is 34.8 Å². The van der Waals surface area contributed by atoms with Gasteiger partial charge in [-0.25, -0.2) is 9.97 Å². The number of hydrogen-bond donors (Lipinski definition) is 0. The largest absolute Gasteiger partial charge is 0.225 e. The lowest BCUT2D eigenvalue weighted by atomic mass is 11.0. The van der Waals surface area contributed by atoms with Crippen LogP contribution in [0.3, 0.4) is 0 Å². The number of hydrogen-bond acceptors (Lipinski definition) is 2. The third-order valence-electron chi connectivity index (χ3n) is 0.636. The molecular formula is C4HCl3N2. The molecule has 2 nitrogen and oxygen atoms in total. The molecule has 0 saturated heterocycles. The van der Waals surface area contributed by atoms with Gasteiger partial charge >= 0.3 is 0 Å². The van der Waals surface area contributed by atoms with Crippen molar-refractivity contribution in [2.45, 2.75) is 0 Å². The Morgan fingerprint density at radius 1 is 1.00 bits per heavy atom. The van der Waals surface area contributed by atoms with Crippen LogP contribution in [0.2, 0.25) is 15.6 Å². The van der Waals surface area contributed by atoms with E-state index in [1.54, 1.807) is 0 Å². The second-order valence-corrected chi connectivity index (χ2v) is 2.39. The van der Waals surface area contributed by atoms with Crippen LogP contribution >= 0.6 is 34.8 Å². The molecule has 0 amide bonds. The molecule has 0 N–H and O–H groups in total. The Balaban J connectivity index is 3.17. The standard InChI is InChI=1S/C4HCl3N2/c5-2-1-3(6)9-4(7)8-2/h1H/i1+1,4+1. The van der Waals surface area contributed by atoms with Gasteiger partial charge in [-0.05, 0) is 11.6 Å². The number of nitrogens with zero attached hydrogens (tertiary/aromatic N) is 2. The van der Waals surface area contributed by atoms with Gasteiger partial charge in [-0.15, -0.1) is 0 Å². The first-order valence-corrected chi connectivity index (χ1v) is 3.17. The first kappa shape index (κ1) is 7.06. The van der Waals surface area contributed by atoms with E-state index in [0.717, 1.165) is 0 Å². The van der Waals surface area contributed by atoms with Crippen LogP contribution in [0, 0.1) is 0 Å². The van der Waals surface area contributed by atoms with Gasteiger partial charge in [0.2, 0.25) is 5.28 Å². The van der Waals surface area contributed by atoms with Crippen LogP contribution in [-0.4, -0.2) is 9.97 Å². The predicted octanol–water partition coefficient (Wildman–Crippen LogP) is 2.44. The van der Waals surface area contributed by atoms with Crippen molar-refractivity contribution in [1.29, 1.82) is 0 Å². The Hall–Kier alpha value is -0.0500. The van der Waals surface area contributed by atoms with Crippen molar-refractivity contribution in [2.75, 3.05) is 0 Å². The SMILES string of the molecule is Clc1[13cH]c(Cl)n[13c](Cl)n1. The summed E-state index contributed by atoms with van der Waals surface area (Å²) in [5.41, 5.74) is 0. The molecule has 0 fully saturated rings. The summed E-state index contributed by atoms with van der Waals surface area (Å²) in [6, 6.07) is 1.41. The molecule has 0 aromatic carbocycles. The Morgan fingerprint density at radius 2 is 1.44 bits per heavy atom. The van der Waals surface area contributed by atoms with E-state index in [4.69, 9.17) is 34.8 Å². The fourth-order valence-electron chi connectivity index (χ4n) is 0.364. The van der Waals surface area contributed by atoms with E-state index in [1.165, 1.54) is 6.07 Å². The minimum absolute atomic E-state index is 0.0625. The molecule has 0 aliphatic carbocycles. The van der Waals surface area contributed by atoms with E-state index in [-0.39, 0.29) is 15.6 Å². The summed E-state index contributed by atoms with van der Waals surface area (Å²) in [5, 5.41) is 0.563. The predicted molar refractivity (Wildman–Crippen MR) is 37.1 cm³/mol. The lowest BCUT2D eigenvalue weighted by molar-refractivity contribution is 1.17. The number of aromatic nitrogens is 2. The second kappa shape index (κ2) is 2.69. The smallest absolute Gasteiger partial charge is 0.206 e. The summed E-state index contributed by atoms with van der Waals surface area (Å²) < 4.78 is 0. The molecule has 48 valence electrons. The molecule has 5 heteroatoms. The quantitative estimate of drug-likeness (QED) is 0.458. The second-order valence-electron chi connectivity index (χ2n) is 1.28. The van der Waals surface area contributed by atoms with Gasteiger partial charge in [-0.2, -0.15) is 0 Å². The molecule has 9 heavy (non-hydrogen) atoms. The van der Waals surface area contributed by atoms with Crippen LogP contribution in [0.15, 0.2) is 6.07 Å². The zero-order chi connectivity index (χ0) is 6.85. The Labute approximate surface area is 66.8 Å². The third kappa shape index (κ3) is 1.97. The topological polar surface area (TPSA) is 25.8 Å². The van der Waals surface area contributed by atoms with Gasteiger partial charge in [0.05, 0.1) is 0 Å². The Kier molecular flexibility index (Phi) is 2.11. The summed E-state index contributed by atoms with van der Waals surface area (Å²) in [6.07, 6.45) is 0. The molecule has 0 radical (unpaired) electrons. The third-order valence-corrected chi connectivity index (χ3v) is 1.19. The number of halogens is 3. The van der Waals surface area contributed by atoms with Crippen LogP contribution in [0.4, 0.5) is 0 Å². The molecule has 0 saturated carbocycles. The molecule has 1 heterocycles. The van der Waals surface area contributed by atoms with Crippen molar-refractivity contribution in [3.63, 3.8) is 0 Å². The highest BCUT2D eigenvalue weighted by atomic mass is 35.5. The van der Waals surface area contributed by atoms with E-state index in [9.17, 15) is 0 Å². The first-order valence-electron chi connectivity index (χ1n) is 2.04. The Morgan fingerprint density at radius 3 is 1.78 bits per heavy atom. The van der Waals surface area contributed by atoms with Crippen LogP contribution < -0.4 is 0 Å². The van der Waals surface area contributed by atoms with Crippen LogP contribution in [-0.2, 0) is 0 Å². The minimum atomic E-state index is 0.0625. The van der Waals surface area contributed by atoms with Crippen LogP contribution in [0.25, 0.3) is 0 Å². The summed E-state index contributed by atoms with van der Waals surface area (Å²) in [4.78, 5) is 7.14. The zero-order valence-electron chi connectivity index (χ0n) is 4.11. The van der Waals surface area contributed by atoms with Gasteiger partial charge in [0, 0.05) is 6.07 Å². The minimum Gasteiger partial charge on any atom is -0.206 e. The molecule has 0 spiro atoms. The lowest BCUT2D eigenvalue weighted by Crippen LogP contribution is -1.81. The Bertz CT molecular complexity index is 175. The van der Waals surface area contributed by atoms with Crippen molar-refractivity contribution in [1.82, 2.24) is 9.97 Å². The van der Waals surface area contributed by atoms with E-state index in [0.29, 0.717) is 0 Å². The molecule has 0 bridgehead atoms. The fourth-order valence-corrected chi connectivity index (χ4v) is 1.06. The average Bonchev–Trinajstić information content (AvgIpc) is 1.59. The van der Waals surface area contributed by atoms with Gasteiger partial charge in [-0.3, -0.25) is 0 Å². The molecule has 1 aromatic heterocycles. The van der Waals surface area contributed by atoms with Crippen molar-refractivity contribution < 1.29 is 0 Å². The highest BCUT2D eigenvalue weighted by Crippen LogP contribution is 2.13. The van der Waals surface area contributed by atoms with Gasteiger partial charge in [-0.1, -0.05) is 23.2 Å². The first-order chi connectivity index (χ1) is 4.18. The highest BCUT2D eigenvalue weighted by Gasteiger charge is 1.95. The average molecular weight is 185 g/mol. The van der Waals surface area contributed by atoms with E-state index in [1.807, 2.05) is 0 Å². The van der Waals surface area contributed by atoms with Crippen molar-refractivity contribution in [3.05, 3.63) is 21.7 Å². The zero-order valence-corrected chi connectivity index (χ0v) is 6.37. The monoisotopic (exact) mass is 184 g/mol. The maximum Gasteiger partial charge on any atom is 0.225 e. The van der Waals surface area contributed by atoms with E-state index < -0.39 is 0 Å². The molecule has 0 atom stereocenters. The van der Waals surface area contributed by atoms with Gasteiger partial charge in [0.15, 0.2) is 0 Å². The summed E-state index contributed by atoms with van der Waals surface area (Å²) in [5.74, 6) is 0. The van der Waals surface area contributed by atoms with Crippen LogP contribution in [0.1, 0.15) is 0 Å². The summed E-state index contributed by atoms with van der Waals surface area (Å²) in [7, 11) is 0. The maximum atomic E-state index is 5.43. The van der Waals surface area contributed by atoms with Crippen molar-refractivity contribution in [2.24, 2.45) is 0 Å². The fraction of sp³-hybridized carbons (Fsp3) is 0. The normalized spacial score (nSPS) is 9.67. The lowest BCUT2D eigenvalue weighted by Gasteiger charge is -1.89.